The predicted octanol–water partition coefficient (Wildman–Crippen LogP) is 3.29. The van der Waals surface area contributed by atoms with Crippen LogP contribution in [0.4, 0.5) is 0 Å². The Bertz CT molecular complexity index is 525. The second-order valence-corrected chi connectivity index (χ2v) is 7.60. The van der Waals surface area contributed by atoms with E-state index < -0.39 is 10.0 Å². The fourth-order valence-electron chi connectivity index (χ4n) is 1.59. The van der Waals surface area contributed by atoms with Crippen molar-refractivity contribution in [3.63, 3.8) is 0 Å². The van der Waals surface area contributed by atoms with Gasteiger partial charge in [0.05, 0.1) is 4.90 Å². The first kappa shape index (κ1) is 16.7. The maximum atomic E-state index is 12.2. The highest BCUT2D eigenvalue weighted by atomic mass is 127. The van der Waals surface area contributed by atoms with Gasteiger partial charge in [0.2, 0.25) is 10.0 Å². The first-order chi connectivity index (χ1) is 8.83. The van der Waals surface area contributed by atoms with E-state index in [0.717, 1.165) is 16.4 Å². The van der Waals surface area contributed by atoms with E-state index in [4.69, 9.17) is 0 Å². The normalized spacial score (nSPS) is 14.9. The molecule has 0 heterocycles. The molecule has 0 aliphatic rings. The van der Waals surface area contributed by atoms with E-state index in [-0.39, 0.29) is 5.41 Å². The third kappa shape index (κ3) is 4.89. The zero-order valence-electron chi connectivity index (χ0n) is 11.3. The molecule has 1 aromatic carbocycles. The highest BCUT2D eigenvalue weighted by molar-refractivity contribution is 14.1. The Labute approximate surface area is 129 Å². The minimum atomic E-state index is -3.43. The quantitative estimate of drug-likeness (QED) is 0.439. The number of sulfonamides is 1. The average Bonchev–Trinajstić information content (AvgIpc) is 2.37. The largest absolute Gasteiger partial charge is 0.240 e. The van der Waals surface area contributed by atoms with Gasteiger partial charge in [0.25, 0.3) is 0 Å². The average molecular weight is 393 g/mol. The van der Waals surface area contributed by atoms with Crippen LogP contribution in [0.15, 0.2) is 41.8 Å². The molecule has 5 heteroatoms. The van der Waals surface area contributed by atoms with Gasteiger partial charge in [0.1, 0.15) is 0 Å². The summed E-state index contributed by atoms with van der Waals surface area (Å²) in [6.07, 6.45) is 2.62. The molecule has 19 heavy (non-hydrogen) atoms. The number of hydrogen-bond donors (Lipinski definition) is 1. The summed E-state index contributed by atoms with van der Waals surface area (Å²) in [5.74, 6) is 0. The maximum Gasteiger partial charge on any atom is 0.240 e. The van der Waals surface area contributed by atoms with Crippen LogP contribution < -0.4 is 4.72 Å². The molecular formula is C14H20INO2S. The molecule has 0 saturated heterocycles. The topological polar surface area (TPSA) is 46.2 Å². The maximum absolute atomic E-state index is 12.2. The third-order valence-corrected chi connectivity index (χ3v) is 6.24. The van der Waals surface area contributed by atoms with Crippen molar-refractivity contribution in [3.05, 3.63) is 42.5 Å². The summed E-state index contributed by atoms with van der Waals surface area (Å²) >= 11 is 2.28. The van der Waals surface area contributed by atoms with E-state index in [1.54, 1.807) is 24.3 Å². The molecule has 0 saturated carbocycles. The Kier molecular flexibility index (Phi) is 6.01. The van der Waals surface area contributed by atoms with Crippen LogP contribution in [0.2, 0.25) is 0 Å². The Hall–Kier alpha value is -0.400. The molecule has 0 fully saturated rings. The second-order valence-electron chi connectivity index (χ2n) is 5.07. The summed E-state index contributed by atoms with van der Waals surface area (Å²) in [6, 6.07) is 6.87. The van der Waals surface area contributed by atoms with E-state index in [1.807, 2.05) is 13.0 Å². The molecule has 0 aliphatic heterocycles. The molecule has 0 aromatic heterocycles. The third-order valence-electron chi connectivity index (χ3n) is 2.98. The van der Waals surface area contributed by atoms with Crippen molar-refractivity contribution in [2.24, 2.45) is 5.41 Å². The highest BCUT2D eigenvalue weighted by Crippen LogP contribution is 2.24. The lowest BCUT2D eigenvalue weighted by atomic mass is 9.90. The number of rotatable bonds is 7. The van der Waals surface area contributed by atoms with Gasteiger partial charge in [0, 0.05) is 11.0 Å². The zero-order chi connectivity index (χ0) is 14.5. The molecule has 1 atom stereocenters. The second kappa shape index (κ2) is 6.85. The lowest BCUT2D eigenvalue weighted by molar-refractivity contribution is 0.384. The number of aryl methyl sites for hydroxylation is 1. The van der Waals surface area contributed by atoms with Crippen LogP contribution in [0.5, 0.6) is 0 Å². The fraction of sp³-hybridized carbons (Fsp3) is 0.429. The number of nitrogens with one attached hydrogen (secondary N) is 1. The smallest absolute Gasteiger partial charge is 0.211 e. The predicted molar refractivity (Wildman–Crippen MR) is 88.2 cm³/mol. The molecule has 1 N–H and O–H groups in total. The van der Waals surface area contributed by atoms with Gasteiger partial charge in [-0.05, 0) is 30.9 Å². The van der Waals surface area contributed by atoms with E-state index >= 15 is 0 Å². The molecule has 0 radical (unpaired) electrons. The van der Waals surface area contributed by atoms with Gasteiger partial charge in [-0.1, -0.05) is 53.3 Å². The Morgan fingerprint density at radius 2 is 1.95 bits per heavy atom. The van der Waals surface area contributed by atoms with E-state index in [0.29, 0.717) is 11.4 Å². The van der Waals surface area contributed by atoms with Crippen LogP contribution in [0.3, 0.4) is 0 Å². The van der Waals surface area contributed by atoms with Gasteiger partial charge < -0.3 is 0 Å². The van der Waals surface area contributed by atoms with Crippen LogP contribution in [-0.2, 0) is 10.0 Å². The van der Waals surface area contributed by atoms with Crippen molar-refractivity contribution in [1.82, 2.24) is 4.72 Å². The molecule has 106 valence electrons. The Balaban J connectivity index is 2.80. The molecule has 1 aromatic rings. The lowest BCUT2D eigenvalue weighted by Gasteiger charge is -2.26. The van der Waals surface area contributed by atoms with Crippen LogP contribution in [0, 0.1) is 12.3 Å². The van der Waals surface area contributed by atoms with Crippen LogP contribution in [0.1, 0.15) is 18.9 Å². The summed E-state index contributed by atoms with van der Waals surface area (Å²) < 4.78 is 27.9. The van der Waals surface area contributed by atoms with Gasteiger partial charge in [-0.15, -0.1) is 6.58 Å². The Morgan fingerprint density at radius 3 is 2.42 bits per heavy atom. The van der Waals surface area contributed by atoms with E-state index in [9.17, 15) is 8.42 Å². The SMILES string of the molecule is C=CCC(C)(CI)CNS(=O)(=O)c1ccc(C)cc1. The van der Waals surface area contributed by atoms with E-state index in [2.05, 4.69) is 40.8 Å². The number of hydrogen-bond acceptors (Lipinski definition) is 2. The van der Waals surface area contributed by atoms with Gasteiger partial charge in [-0.3, -0.25) is 0 Å². The van der Waals surface area contributed by atoms with Crippen molar-refractivity contribution >= 4 is 32.6 Å². The van der Waals surface area contributed by atoms with Gasteiger partial charge >= 0.3 is 0 Å². The van der Waals surface area contributed by atoms with Crippen LogP contribution in [-0.4, -0.2) is 19.4 Å². The van der Waals surface area contributed by atoms with Crippen molar-refractivity contribution in [3.8, 4) is 0 Å². The molecule has 1 rings (SSSR count). The number of benzene rings is 1. The number of alkyl halides is 1. The molecular weight excluding hydrogens is 373 g/mol. The summed E-state index contributed by atoms with van der Waals surface area (Å²) in [7, 11) is -3.43. The van der Waals surface area contributed by atoms with Crippen LogP contribution >= 0.6 is 22.6 Å². The minimum Gasteiger partial charge on any atom is -0.211 e. The summed E-state index contributed by atoms with van der Waals surface area (Å²) in [6.45, 7) is 8.13. The molecule has 3 nitrogen and oxygen atoms in total. The van der Waals surface area contributed by atoms with E-state index in [1.165, 1.54) is 0 Å². The number of allylic oxidation sites excluding steroid dienone is 1. The first-order valence-electron chi connectivity index (χ1n) is 6.06. The zero-order valence-corrected chi connectivity index (χ0v) is 14.3. The standard InChI is InChI=1S/C14H20INO2S/c1-4-9-14(3,10-15)11-16-19(17,18)13-7-5-12(2)6-8-13/h4-8,16H,1,9-11H2,2-3H3. The van der Waals surface area contributed by atoms with Gasteiger partial charge in [0.15, 0.2) is 0 Å². The molecule has 0 bridgehead atoms. The number of halogens is 1. The summed E-state index contributed by atoms with van der Waals surface area (Å²) in [5, 5.41) is 0. The Morgan fingerprint density at radius 1 is 1.37 bits per heavy atom. The molecule has 1 unspecified atom stereocenters. The molecule has 0 aliphatic carbocycles. The van der Waals surface area contributed by atoms with Gasteiger partial charge in [-0.2, -0.15) is 0 Å². The molecule has 0 spiro atoms. The minimum absolute atomic E-state index is 0.0971. The van der Waals surface area contributed by atoms with Crippen molar-refractivity contribution in [2.45, 2.75) is 25.2 Å². The van der Waals surface area contributed by atoms with Gasteiger partial charge in [-0.25, -0.2) is 13.1 Å². The fourth-order valence-corrected chi connectivity index (χ4v) is 3.37. The summed E-state index contributed by atoms with van der Waals surface area (Å²) in [4.78, 5) is 0.313. The summed E-state index contributed by atoms with van der Waals surface area (Å²) in [5.41, 5.74) is 0.947. The van der Waals surface area contributed by atoms with Crippen LogP contribution in [0.25, 0.3) is 0 Å². The van der Waals surface area contributed by atoms with Crippen molar-refractivity contribution in [2.75, 3.05) is 11.0 Å². The first-order valence-corrected chi connectivity index (χ1v) is 9.07. The highest BCUT2D eigenvalue weighted by Gasteiger charge is 2.24. The lowest BCUT2D eigenvalue weighted by Crippen LogP contribution is -2.36. The van der Waals surface area contributed by atoms with Crippen molar-refractivity contribution in [1.29, 1.82) is 0 Å². The monoisotopic (exact) mass is 393 g/mol. The van der Waals surface area contributed by atoms with Crippen molar-refractivity contribution < 1.29 is 8.42 Å². The molecule has 0 amide bonds.